The van der Waals surface area contributed by atoms with E-state index in [0.717, 1.165) is 35.2 Å². The van der Waals surface area contributed by atoms with Crippen molar-refractivity contribution in [2.24, 2.45) is 0 Å². The number of halogens is 1. The van der Waals surface area contributed by atoms with Crippen LogP contribution in [0.3, 0.4) is 0 Å². The number of hydrogen-bond donors (Lipinski definition) is 1. The van der Waals surface area contributed by atoms with Crippen LogP contribution in [0.5, 0.6) is 11.5 Å². The minimum absolute atomic E-state index is 0.120. The second kappa shape index (κ2) is 5.28. The number of amides is 1. The molecule has 2 heterocycles. The van der Waals surface area contributed by atoms with E-state index in [-0.39, 0.29) is 5.91 Å². The number of fused-ring (bicyclic) bond motifs is 1. The van der Waals surface area contributed by atoms with Crippen LogP contribution in [0.1, 0.15) is 35.4 Å². The molecule has 2 aromatic rings. The average Bonchev–Trinajstić information content (AvgIpc) is 3.19. The Morgan fingerprint density at radius 2 is 1.91 bits per heavy atom. The van der Waals surface area contributed by atoms with Gasteiger partial charge in [0.1, 0.15) is 0 Å². The van der Waals surface area contributed by atoms with E-state index in [2.05, 4.69) is 21.2 Å². The van der Waals surface area contributed by atoms with Crippen molar-refractivity contribution in [3.8, 4) is 11.5 Å². The lowest BCUT2D eigenvalue weighted by molar-refractivity contribution is -0.0716. The summed E-state index contributed by atoms with van der Waals surface area (Å²) in [6.45, 7) is 0. The molecule has 1 aliphatic heterocycles. The molecule has 1 amide bonds. The SMILES string of the molecule is O=C(Nc1ccc2c(c1)OC1(CCCC1)O2)c1ccc(Br)s1. The molecule has 0 saturated heterocycles. The summed E-state index contributed by atoms with van der Waals surface area (Å²) in [5.74, 6) is 0.889. The van der Waals surface area contributed by atoms with Crippen molar-refractivity contribution in [3.05, 3.63) is 39.0 Å². The molecule has 1 spiro atoms. The molecule has 1 aliphatic carbocycles. The van der Waals surface area contributed by atoms with Crippen molar-refractivity contribution >= 4 is 38.9 Å². The standard InChI is InChI=1S/C16H14BrNO3S/c17-14-6-5-13(22-14)15(19)18-10-3-4-11-12(9-10)21-16(20-11)7-1-2-8-16/h3-6,9H,1-2,7-8H2,(H,18,19). The van der Waals surface area contributed by atoms with Crippen molar-refractivity contribution in [3.63, 3.8) is 0 Å². The first-order chi connectivity index (χ1) is 10.6. The Labute approximate surface area is 140 Å². The fourth-order valence-corrected chi connectivity index (χ4v) is 4.20. The van der Waals surface area contributed by atoms with Crippen LogP contribution in [-0.4, -0.2) is 11.7 Å². The van der Waals surface area contributed by atoms with Gasteiger partial charge in [0.15, 0.2) is 11.5 Å². The van der Waals surface area contributed by atoms with Crippen LogP contribution in [0.15, 0.2) is 34.1 Å². The number of carbonyl (C=O) groups excluding carboxylic acids is 1. The fourth-order valence-electron chi connectivity index (χ4n) is 2.92. The van der Waals surface area contributed by atoms with Crippen molar-refractivity contribution in [2.75, 3.05) is 5.32 Å². The van der Waals surface area contributed by atoms with Gasteiger partial charge < -0.3 is 14.8 Å². The monoisotopic (exact) mass is 379 g/mol. The maximum absolute atomic E-state index is 12.2. The number of nitrogens with one attached hydrogen (secondary N) is 1. The molecule has 6 heteroatoms. The summed E-state index contributed by atoms with van der Waals surface area (Å²) >= 11 is 4.77. The van der Waals surface area contributed by atoms with Crippen molar-refractivity contribution in [1.82, 2.24) is 0 Å². The van der Waals surface area contributed by atoms with E-state index in [1.54, 1.807) is 6.07 Å². The van der Waals surface area contributed by atoms with Crippen LogP contribution in [0.4, 0.5) is 5.69 Å². The lowest BCUT2D eigenvalue weighted by Crippen LogP contribution is -2.34. The first kappa shape index (κ1) is 14.1. The molecule has 0 radical (unpaired) electrons. The van der Waals surface area contributed by atoms with E-state index in [9.17, 15) is 4.79 Å². The highest BCUT2D eigenvalue weighted by atomic mass is 79.9. The summed E-state index contributed by atoms with van der Waals surface area (Å²) in [5.41, 5.74) is 0.715. The van der Waals surface area contributed by atoms with Crippen LogP contribution in [0.25, 0.3) is 0 Å². The topological polar surface area (TPSA) is 47.6 Å². The van der Waals surface area contributed by atoms with Gasteiger partial charge in [-0.1, -0.05) is 0 Å². The highest BCUT2D eigenvalue weighted by Crippen LogP contribution is 2.47. The number of carbonyl (C=O) groups is 1. The maximum atomic E-state index is 12.2. The van der Waals surface area contributed by atoms with Crippen LogP contribution in [0, 0.1) is 0 Å². The highest BCUT2D eigenvalue weighted by molar-refractivity contribution is 9.11. The van der Waals surface area contributed by atoms with Gasteiger partial charge in [-0.25, -0.2) is 0 Å². The van der Waals surface area contributed by atoms with Crippen molar-refractivity contribution in [1.29, 1.82) is 0 Å². The fraction of sp³-hybridized carbons (Fsp3) is 0.312. The molecule has 4 rings (SSSR count). The Balaban J connectivity index is 1.52. The van der Waals surface area contributed by atoms with Gasteiger partial charge in [-0.05, 0) is 53.0 Å². The van der Waals surface area contributed by atoms with Gasteiger partial charge in [0, 0.05) is 24.6 Å². The third-order valence-electron chi connectivity index (χ3n) is 3.96. The Kier molecular flexibility index (Phi) is 3.38. The minimum atomic E-state index is -0.469. The van der Waals surface area contributed by atoms with Gasteiger partial charge in [-0.2, -0.15) is 0 Å². The zero-order valence-electron chi connectivity index (χ0n) is 11.7. The summed E-state index contributed by atoms with van der Waals surface area (Å²) in [6, 6.07) is 9.20. The Hall–Kier alpha value is -1.53. The normalized spacial score (nSPS) is 17.9. The van der Waals surface area contributed by atoms with Crippen LogP contribution < -0.4 is 14.8 Å². The largest absolute Gasteiger partial charge is 0.448 e. The highest BCUT2D eigenvalue weighted by Gasteiger charge is 2.44. The summed E-state index contributed by atoms with van der Waals surface area (Å²) in [4.78, 5) is 12.8. The quantitative estimate of drug-likeness (QED) is 0.814. The minimum Gasteiger partial charge on any atom is -0.448 e. The van der Waals surface area contributed by atoms with Gasteiger partial charge >= 0.3 is 0 Å². The molecule has 0 bridgehead atoms. The van der Waals surface area contributed by atoms with E-state index < -0.39 is 5.79 Å². The second-order valence-corrected chi connectivity index (χ2v) is 8.00. The molecule has 0 atom stereocenters. The van der Waals surface area contributed by atoms with E-state index in [1.165, 1.54) is 11.3 Å². The molecule has 2 aliphatic rings. The predicted octanol–water partition coefficient (Wildman–Crippen LogP) is 4.80. The second-order valence-electron chi connectivity index (χ2n) is 5.54. The third-order valence-corrected chi connectivity index (χ3v) is 5.58. The van der Waals surface area contributed by atoms with Gasteiger partial charge in [0.25, 0.3) is 11.7 Å². The van der Waals surface area contributed by atoms with Gasteiger partial charge in [0.2, 0.25) is 0 Å². The molecule has 1 aromatic heterocycles. The Morgan fingerprint density at radius 1 is 1.14 bits per heavy atom. The molecule has 1 fully saturated rings. The van der Waals surface area contributed by atoms with Crippen LogP contribution in [0.2, 0.25) is 0 Å². The Bertz CT molecular complexity index is 737. The number of rotatable bonds is 2. The first-order valence-electron chi connectivity index (χ1n) is 7.22. The summed E-state index contributed by atoms with van der Waals surface area (Å²) in [5, 5.41) is 2.90. The summed E-state index contributed by atoms with van der Waals surface area (Å²) < 4.78 is 12.9. The molecule has 1 N–H and O–H groups in total. The molecular formula is C16H14BrNO3S. The van der Waals surface area contributed by atoms with E-state index in [0.29, 0.717) is 16.3 Å². The van der Waals surface area contributed by atoms with Crippen LogP contribution in [-0.2, 0) is 0 Å². The molecule has 1 saturated carbocycles. The Morgan fingerprint density at radius 3 is 2.64 bits per heavy atom. The van der Waals surface area contributed by atoms with E-state index >= 15 is 0 Å². The van der Waals surface area contributed by atoms with Crippen molar-refractivity contribution < 1.29 is 14.3 Å². The van der Waals surface area contributed by atoms with Gasteiger partial charge in [0.05, 0.1) is 8.66 Å². The number of thiophene rings is 1. The molecule has 114 valence electrons. The molecular weight excluding hydrogens is 366 g/mol. The maximum Gasteiger partial charge on any atom is 0.265 e. The average molecular weight is 380 g/mol. The van der Waals surface area contributed by atoms with Crippen molar-refractivity contribution in [2.45, 2.75) is 31.5 Å². The zero-order chi connectivity index (χ0) is 15.2. The summed E-state index contributed by atoms with van der Waals surface area (Å²) in [6.07, 6.45) is 4.11. The third kappa shape index (κ3) is 2.50. The molecule has 4 nitrogen and oxygen atoms in total. The van der Waals surface area contributed by atoms with Crippen LogP contribution >= 0.6 is 27.3 Å². The van der Waals surface area contributed by atoms with E-state index in [4.69, 9.17) is 9.47 Å². The lowest BCUT2D eigenvalue weighted by atomic mass is 10.2. The molecule has 1 aromatic carbocycles. The van der Waals surface area contributed by atoms with E-state index in [1.807, 2.05) is 24.3 Å². The number of ether oxygens (including phenoxy) is 2. The predicted molar refractivity (Wildman–Crippen MR) is 88.9 cm³/mol. The smallest absolute Gasteiger partial charge is 0.265 e. The van der Waals surface area contributed by atoms with Gasteiger partial charge in [-0.15, -0.1) is 11.3 Å². The number of benzene rings is 1. The summed E-state index contributed by atoms with van der Waals surface area (Å²) in [7, 11) is 0. The molecule has 22 heavy (non-hydrogen) atoms. The first-order valence-corrected chi connectivity index (χ1v) is 8.83. The lowest BCUT2D eigenvalue weighted by Gasteiger charge is -2.21. The zero-order valence-corrected chi connectivity index (χ0v) is 14.1. The molecule has 0 unspecified atom stereocenters. The van der Waals surface area contributed by atoms with Gasteiger partial charge in [-0.3, -0.25) is 4.79 Å². The number of hydrogen-bond acceptors (Lipinski definition) is 4. The number of anilines is 1.